The largest absolute Gasteiger partial charge is 0.494 e. The van der Waals surface area contributed by atoms with Crippen molar-refractivity contribution in [3.8, 4) is 5.75 Å². The van der Waals surface area contributed by atoms with Gasteiger partial charge in [-0.3, -0.25) is 9.69 Å². The zero-order chi connectivity index (χ0) is 22.7. The van der Waals surface area contributed by atoms with Crippen LogP contribution in [0, 0.1) is 5.82 Å². The number of hydrogen-bond acceptors (Lipinski definition) is 4. The first-order valence-electron chi connectivity index (χ1n) is 10.2. The second kappa shape index (κ2) is 8.80. The van der Waals surface area contributed by atoms with Crippen LogP contribution in [0.5, 0.6) is 5.75 Å². The highest BCUT2D eigenvalue weighted by Crippen LogP contribution is 2.36. The van der Waals surface area contributed by atoms with E-state index in [1.54, 1.807) is 24.1 Å². The first-order chi connectivity index (χ1) is 15.5. The Labute approximate surface area is 186 Å². The van der Waals surface area contributed by atoms with Crippen molar-refractivity contribution in [3.63, 3.8) is 0 Å². The molecule has 0 unspecified atom stereocenters. The van der Waals surface area contributed by atoms with Crippen LogP contribution in [0.15, 0.2) is 78.9 Å². The van der Waals surface area contributed by atoms with Crippen LogP contribution in [0.25, 0.3) is 0 Å². The van der Waals surface area contributed by atoms with Crippen molar-refractivity contribution in [2.24, 2.45) is 0 Å². The van der Waals surface area contributed by atoms with Gasteiger partial charge in [-0.2, -0.15) is 0 Å². The second-order valence-electron chi connectivity index (χ2n) is 7.77. The molecule has 1 aliphatic heterocycles. The molecule has 3 amide bonds. The summed E-state index contributed by atoms with van der Waals surface area (Å²) in [5.74, 6) is -0.644. The van der Waals surface area contributed by atoms with E-state index in [1.165, 1.54) is 18.1 Å². The van der Waals surface area contributed by atoms with Crippen LogP contribution in [0.3, 0.4) is 0 Å². The average molecular weight is 433 g/mol. The molecule has 1 saturated heterocycles. The van der Waals surface area contributed by atoms with E-state index < -0.39 is 17.4 Å². The number of nitrogens with zero attached hydrogens (tertiary/aromatic N) is 2. The molecule has 3 aromatic rings. The Kier molecular flexibility index (Phi) is 5.92. The topological polar surface area (TPSA) is 61.9 Å². The summed E-state index contributed by atoms with van der Waals surface area (Å²) < 4.78 is 19.0. The molecule has 0 bridgehead atoms. The lowest BCUT2D eigenvalue weighted by molar-refractivity contribution is -0.131. The van der Waals surface area contributed by atoms with Crippen LogP contribution in [0.1, 0.15) is 16.7 Å². The third kappa shape index (κ3) is 3.83. The zero-order valence-corrected chi connectivity index (χ0v) is 17.9. The maximum Gasteiger partial charge on any atom is 0.326 e. The van der Waals surface area contributed by atoms with Gasteiger partial charge in [0.05, 0.1) is 13.8 Å². The third-order valence-corrected chi connectivity index (χ3v) is 5.57. The summed E-state index contributed by atoms with van der Waals surface area (Å²) in [7, 11) is 3.18. The monoisotopic (exact) mass is 433 g/mol. The zero-order valence-electron chi connectivity index (χ0n) is 17.9. The van der Waals surface area contributed by atoms with Gasteiger partial charge in [0.2, 0.25) is 0 Å². The minimum atomic E-state index is -1.30. The van der Waals surface area contributed by atoms with Gasteiger partial charge in [-0.15, -0.1) is 0 Å². The number of ether oxygens (including phenoxy) is 1. The van der Waals surface area contributed by atoms with Gasteiger partial charge in [0.15, 0.2) is 17.1 Å². The number of carbonyl (C=O) groups excluding carboxylic acids is 2. The number of imide groups is 1. The van der Waals surface area contributed by atoms with Crippen LogP contribution in [-0.4, -0.2) is 42.6 Å². The molecule has 4 rings (SSSR count). The first-order valence-corrected chi connectivity index (χ1v) is 10.2. The van der Waals surface area contributed by atoms with E-state index in [9.17, 15) is 14.0 Å². The Morgan fingerprint density at radius 1 is 0.969 bits per heavy atom. The first kappa shape index (κ1) is 21.5. The Morgan fingerprint density at radius 3 is 2.09 bits per heavy atom. The molecule has 7 heteroatoms. The molecule has 0 atom stereocenters. The highest BCUT2D eigenvalue weighted by molar-refractivity contribution is 6.09. The van der Waals surface area contributed by atoms with Gasteiger partial charge < -0.3 is 10.1 Å². The molecule has 0 aromatic heterocycles. The maximum absolute atomic E-state index is 14.0. The number of benzene rings is 3. The van der Waals surface area contributed by atoms with Gasteiger partial charge in [-0.1, -0.05) is 66.7 Å². The summed E-state index contributed by atoms with van der Waals surface area (Å²) in [5, 5.41) is 2.93. The van der Waals surface area contributed by atoms with Crippen molar-refractivity contribution in [1.29, 1.82) is 0 Å². The summed E-state index contributed by atoms with van der Waals surface area (Å²) in [4.78, 5) is 29.6. The van der Waals surface area contributed by atoms with Crippen LogP contribution in [-0.2, 0) is 16.9 Å². The molecule has 1 N–H and O–H groups in total. The predicted octanol–water partition coefficient (Wildman–Crippen LogP) is 3.72. The number of carbonyl (C=O) groups is 2. The molecule has 1 aliphatic rings. The van der Waals surface area contributed by atoms with Crippen LogP contribution < -0.4 is 10.1 Å². The van der Waals surface area contributed by atoms with Crippen LogP contribution >= 0.6 is 0 Å². The highest BCUT2D eigenvalue weighted by Gasteiger charge is 2.53. The number of nitrogens with one attached hydrogen (secondary N) is 1. The summed E-state index contributed by atoms with van der Waals surface area (Å²) in [6.45, 7) is 0.404. The van der Waals surface area contributed by atoms with Crippen molar-refractivity contribution in [2.45, 2.75) is 12.1 Å². The van der Waals surface area contributed by atoms with Crippen molar-refractivity contribution >= 4 is 11.9 Å². The molecule has 6 nitrogen and oxygen atoms in total. The van der Waals surface area contributed by atoms with Gasteiger partial charge in [-0.25, -0.2) is 14.1 Å². The molecular formula is C25H24FN3O3. The Morgan fingerprint density at radius 2 is 1.56 bits per heavy atom. The smallest absolute Gasteiger partial charge is 0.326 e. The van der Waals surface area contributed by atoms with E-state index in [0.717, 1.165) is 0 Å². The van der Waals surface area contributed by atoms with E-state index in [2.05, 4.69) is 5.32 Å². The van der Waals surface area contributed by atoms with Gasteiger partial charge >= 0.3 is 6.03 Å². The number of methoxy groups -OCH3 is 1. The predicted molar refractivity (Wildman–Crippen MR) is 118 cm³/mol. The van der Waals surface area contributed by atoms with Crippen molar-refractivity contribution < 1.29 is 18.7 Å². The molecule has 0 aliphatic carbocycles. The second-order valence-corrected chi connectivity index (χ2v) is 7.77. The van der Waals surface area contributed by atoms with E-state index in [1.807, 2.05) is 60.7 Å². The summed E-state index contributed by atoms with van der Waals surface area (Å²) in [5.41, 5.74) is 0.779. The van der Waals surface area contributed by atoms with Crippen LogP contribution in [0.2, 0.25) is 0 Å². The summed E-state index contributed by atoms with van der Waals surface area (Å²) in [6, 6.07) is 22.6. The summed E-state index contributed by atoms with van der Waals surface area (Å²) in [6.07, 6.45) is 0. The molecular weight excluding hydrogens is 409 g/mol. The minimum Gasteiger partial charge on any atom is -0.494 e. The van der Waals surface area contributed by atoms with Gasteiger partial charge in [0.25, 0.3) is 5.91 Å². The fourth-order valence-corrected chi connectivity index (χ4v) is 4.05. The standard InChI is InChI=1S/C25H24FN3O3/c1-28(16-18-13-14-22(32-2)21(26)15-18)17-29-23(30)25(27-24(29)31,19-9-5-3-6-10-19)20-11-7-4-8-12-20/h3-15H,16-17H2,1-2H3,(H,27,31). The van der Waals surface area contributed by atoms with Crippen molar-refractivity contribution in [3.05, 3.63) is 101 Å². The lowest BCUT2D eigenvalue weighted by Crippen LogP contribution is -2.46. The molecule has 0 spiro atoms. The van der Waals surface area contributed by atoms with Crippen molar-refractivity contribution in [2.75, 3.05) is 20.8 Å². The number of hydrogen-bond donors (Lipinski definition) is 1. The van der Waals surface area contributed by atoms with Gasteiger partial charge in [-0.05, 0) is 35.9 Å². The Balaban J connectivity index is 1.60. The van der Waals surface area contributed by atoms with Gasteiger partial charge in [0, 0.05) is 6.54 Å². The average Bonchev–Trinajstić information content (AvgIpc) is 3.06. The van der Waals surface area contributed by atoms with Crippen molar-refractivity contribution in [1.82, 2.24) is 15.1 Å². The normalized spacial score (nSPS) is 15.2. The molecule has 3 aromatic carbocycles. The van der Waals surface area contributed by atoms with E-state index in [0.29, 0.717) is 23.2 Å². The van der Waals surface area contributed by atoms with Crippen LogP contribution in [0.4, 0.5) is 9.18 Å². The molecule has 164 valence electrons. The number of rotatable bonds is 7. The fourth-order valence-electron chi connectivity index (χ4n) is 4.05. The lowest BCUT2D eigenvalue weighted by Gasteiger charge is -2.28. The summed E-state index contributed by atoms with van der Waals surface area (Å²) >= 11 is 0. The quantitative estimate of drug-likeness (QED) is 0.577. The maximum atomic E-state index is 14.0. The number of amides is 3. The Hall–Kier alpha value is -3.71. The number of halogens is 1. The molecule has 1 fully saturated rings. The van der Waals surface area contributed by atoms with Gasteiger partial charge in [0.1, 0.15) is 0 Å². The van der Waals surface area contributed by atoms with E-state index >= 15 is 0 Å². The third-order valence-electron chi connectivity index (χ3n) is 5.57. The highest BCUT2D eigenvalue weighted by atomic mass is 19.1. The minimum absolute atomic E-state index is 0.0553. The molecule has 1 heterocycles. The Bertz CT molecular complexity index is 1080. The SMILES string of the molecule is COc1ccc(CN(C)CN2C(=O)NC(c3ccccc3)(c3ccccc3)C2=O)cc1F. The lowest BCUT2D eigenvalue weighted by atomic mass is 9.83. The fraction of sp³-hybridized carbons (Fsp3) is 0.200. The van der Waals surface area contributed by atoms with E-state index in [4.69, 9.17) is 4.74 Å². The number of urea groups is 1. The molecule has 0 radical (unpaired) electrons. The molecule has 0 saturated carbocycles. The molecule has 32 heavy (non-hydrogen) atoms. The van der Waals surface area contributed by atoms with E-state index in [-0.39, 0.29) is 18.3 Å².